The minimum atomic E-state index is -0.493. The van der Waals surface area contributed by atoms with E-state index in [0.717, 1.165) is 4.47 Å². The first kappa shape index (κ1) is 8.31. The SMILES string of the molecule is O=c1oncn1Cc1cc(Br)co1. The number of rotatable bonds is 2. The molecule has 0 atom stereocenters. The Morgan fingerprint density at radius 1 is 1.62 bits per heavy atom. The van der Waals surface area contributed by atoms with Crippen LogP contribution >= 0.6 is 15.9 Å². The van der Waals surface area contributed by atoms with Crippen LogP contribution in [0.5, 0.6) is 0 Å². The third-order valence-corrected chi connectivity index (χ3v) is 1.92. The Balaban J connectivity index is 2.24. The first-order valence-electron chi connectivity index (χ1n) is 3.50. The molecular weight excluding hydrogens is 240 g/mol. The predicted molar refractivity (Wildman–Crippen MR) is 46.3 cm³/mol. The van der Waals surface area contributed by atoms with Gasteiger partial charge in [0.05, 0.1) is 11.0 Å². The van der Waals surface area contributed by atoms with Crippen LogP contribution in [-0.4, -0.2) is 9.72 Å². The van der Waals surface area contributed by atoms with Crippen LogP contribution in [0.4, 0.5) is 0 Å². The van der Waals surface area contributed by atoms with Gasteiger partial charge in [0.1, 0.15) is 18.4 Å². The molecule has 0 aliphatic rings. The Kier molecular flexibility index (Phi) is 2.05. The third kappa shape index (κ3) is 1.72. The standard InChI is InChI=1S/C7H5BrN2O3/c8-5-1-6(12-3-5)2-10-4-9-13-7(10)11/h1,3-4H,2H2. The molecule has 2 aromatic heterocycles. The van der Waals surface area contributed by atoms with Crippen LogP contribution in [0.2, 0.25) is 0 Å². The molecule has 0 bridgehead atoms. The fourth-order valence-corrected chi connectivity index (χ4v) is 1.28. The molecule has 0 N–H and O–H groups in total. The second-order valence-corrected chi connectivity index (χ2v) is 3.35. The zero-order chi connectivity index (χ0) is 9.26. The minimum absolute atomic E-state index is 0.327. The van der Waals surface area contributed by atoms with Crippen molar-refractivity contribution >= 4 is 15.9 Å². The Morgan fingerprint density at radius 3 is 3.00 bits per heavy atom. The summed E-state index contributed by atoms with van der Waals surface area (Å²) in [6.45, 7) is 0.327. The number of aromatic nitrogens is 2. The third-order valence-electron chi connectivity index (χ3n) is 1.50. The Hall–Kier alpha value is -1.30. The molecule has 0 saturated carbocycles. The molecule has 0 aliphatic carbocycles. The van der Waals surface area contributed by atoms with E-state index in [1.165, 1.54) is 10.9 Å². The fourth-order valence-electron chi connectivity index (χ4n) is 0.935. The molecule has 0 unspecified atom stereocenters. The van der Waals surface area contributed by atoms with Gasteiger partial charge in [-0.25, -0.2) is 4.79 Å². The van der Waals surface area contributed by atoms with E-state index >= 15 is 0 Å². The summed E-state index contributed by atoms with van der Waals surface area (Å²) in [6.07, 6.45) is 2.87. The molecule has 6 heteroatoms. The monoisotopic (exact) mass is 244 g/mol. The molecule has 2 heterocycles. The number of hydrogen-bond donors (Lipinski definition) is 0. The highest BCUT2D eigenvalue weighted by atomic mass is 79.9. The van der Waals surface area contributed by atoms with E-state index in [2.05, 4.69) is 25.6 Å². The number of nitrogens with zero attached hydrogens (tertiary/aromatic N) is 2. The van der Waals surface area contributed by atoms with E-state index in [1.807, 2.05) is 0 Å². The second kappa shape index (κ2) is 3.21. The molecule has 13 heavy (non-hydrogen) atoms. The van der Waals surface area contributed by atoms with Gasteiger partial charge in [0, 0.05) is 0 Å². The molecule has 2 rings (SSSR count). The van der Waals surface area contributed by atoms with Gasteiger partial charge in [0.2, 0.25) is 0 Å². The molecule has 68 valence electrons. The molecule has 0 saturated heterocycles. The summed E-state index contributed by atoms with van der Waals surface area (Å²) in [6, 6.07) is 1.78. The lowest BCUT2D eigenvalue weighted by molar-refractivity contribution is 0.374. The van der Waals surface area contributed by atoms with Gasteiger partial charge < -0.3 is 4.42 Å². The summed E-state index contributed by atoms with van der Waals surface area (Å²) >= 11 is 3.23. The van der Waals surface area contributed by atoms with Gasteiger partial charge in [0.15, 0.2) is 0 Å². The molecule has 0 fully saturated rings. The first-order chi connectivity index (χ1) is 6.25. The Morgan fingerprint density at radius 2 is 2.46 bits per heavy atom. The molecule has 0 spiro atoms. The Bertz CT molecular complexity index is 456. The predicted octanol–water partition coefficient (Wildman–Crippen LogP) is 1.24. The lowest BCUT2D eigenvalue weighted by atomic mass is 10.4. The quantitative estimate of drug-likeness (QED) is 0.798. The molecule has 0 radical (unpaired) electrons. The highest BCUT2D eigenvalue weighted by molar-refractivity contribution is 9.10. The topological polar surface area (TPSA) is 61.2 Å². The molecule has 2 aromatic rings. The van der Waals surface area contributed by atoms with Crippen LogP contribution in [0.15, 0.2) is 36.9 Å². The van der Waals surface area contributed by atoms with Crippen molar-refractivity contribution in [1.29, 1.82) is 0 Å². The average molecular weight is 245 g/mol. The van der Waals surface area contributed by atoms with E-state index in [9.17, 15) is 4.79 Å². The van der Waals surface area contributed by atoms with Crippen LogP contribution in [0.25, 0.3) is 0 Å². The van der Waals surface area contributed by atoms with Crippen molar-refractivity contribution in [2.45, 2.75) is 6.54 Å². The molecule has 0 aliphatic heterocycles. The molecule has 5 nitrogen and oxygen atoms in total. The van der Waals surface area contributed by atoms with Crippen molar-refractivity contribution in [3.63, 3.8) is 0 Å². The summed E-state index contributed by atoms with van der Waals surface area (Å²) in [5.74, 6) is 0.171. The largest absolute Gasteiger partial charge is 0.466 e. The summed E-state index contributed by atoms with van der Waals surface area (Å²) in [4.78, 5) is 10.9. The van der Waals surface area contributed by atoms with Gasteiger partial charge >= 0.3 is 5.76 Å². The zero-order valence-electron chi connectivity index (χ0n) is 6.44. The van der Waals surface area contributed by atoms with E-state index in [1.54, 1.807) is 12.3 Å². The van der Waals surface area contributed by atoms with Crippen molar-refractivity contribution in [2.75, 3.05) is 0 Å². The lowest BCUT2D eigenvalue weighted by Gasteiger charge is -1.92. The maximum absolute atomic E-state index is 10.9. The van der Waals surface area contributed by atoms with Crippen molar-refractivity contribution in [3.8, 4) is 0 Å². The zero-order valence-corrected chi connectivity index (χ0v) is 8.02. The summed E-state index contributed by atoms with van der Waals surface area (Å²) in [7, 11) is 0. The number of furan rings is 1. The van der Waals surface area contributed by atoms with Crippen LogP contribution in [0, 0.1) is 0 Å². The van der Waals surface area contributed by atoms with Gasteiger partial charge in [-0.1, -0.05) is 5.16 Å². The van der Waals surface area contributed by atoms with Gasteiger partial charge in [0.25, 0.3) is 0 Å². The van der Waals surface area contributed by atoms with Crippen LogP contribution < -0.4 is 5.76 Å². The van der Waals surface area contributed by atoms with Crippen LogP contribution in [0.3, 0.4) is 0 Å². The van der Waals surface area contributed by atoms with Crippen molar-refractivity contribution in [3.05, 3.63) is 39.4 Å². The average Bonchev–Trinajstić information content (AvgIpc) is 2.64. The fraction of sp³-hybridized carbons (Fsp3) is 0.143. The van der Waals surface area contributed by atoms with E-state index in [4.69, 9.17) is 4.42 Å². The maximum atomic E-state index is 10.9. The summed E-state index contributed by atoms with van der Waals surface area (Å²) in [5.41, 5.74) is 0. The lowest BCUT2D eigenvalue weighted by Crippen LogP contribution is -2.13. The van der Waals surface area contributed by atoms with E-state index < -0.39 is 5.76 Å². The van der Waals surface area contributed by atoms with Crippen molar-refractivity contribution in [2.24, 2.45) is 0 Å². The van der Waals surface area contributed by atoms with Crippen LogP contribution in [0.1, 0.15) is 5.76 Å². The van der Waals surface area contributed by atoms with Crippen LogP contribution in [-0.2, 0) is 6.54 Å². The first-order valence-corrected chi connectivity index (χ1v) is 4.29. The van der Waals surface area contributed by atoms with Gasteiger partial charge in [-0.05, 0) is 22.0 Å². The maximum Gasteiger partial charge on any atom is 0.441 e. The molecular formula is C7H5BrN2O3. The van der Waals surface area contributed by atoms with E-state index in [0.29, 0.717) is 12.3 Å². The normalized spacial score (nSPS) is 10.5. The van der Waals surface area contributed by atoms with Gasteiger partial charge in [-0.15, -0.1) is 0 Å². The number of hydrogen-bond acceptors (Lipinski definition) is 4. The highest BCUT2D eigenvalue weighted by Crippen LogP contribution is 2.14. The highest BCUT2D eigenvalue weighted by Gasteiger charge is 2.04. The van der Waals surface area contributed by atoms with Gasteiger partial charge in [-0.2, -0.15) is 0 Å². The smallest absolute Gasteiger partial charge is 0.441 e. The van der Waals surface area contributed by atoms with E-state index in [-0.39, 0.29) is 0 Å². The minimum Gasteiger partial charge on any atom is -0.466 e. The van der Waals surface area contributed by atoms with Crippen molar-refractivity contribution in [1.82, 2.24) is 9.72 Å². The van der Waals surface area contributed by atoms with Crippen molar-refractivity contribution < 1.29 is 8.94 Å². The Labute approximate surface area is 81.1 Å². The molecule has 0 aromatic carbocycles. The summed E-state index contributed by atoms with van der Waals surface area (Å²) in [5, 5.41) is 3.35. The molecule has 0 amide bonds. The summed E-state index contributed by atoms with van der Waals surface area (Å²) < 4.78 is 11.6. The van der Waals surface area contributed by atoms with Gasteiger partial charge in [-0.3, -0.25) is 9.09 Å². The number of halogens is 1. The second-order valence-electron chi connectivity index (χ2n) is 2.44.